The van der Waals surface area contributed by atoms with Crippen molar-refractivity contribution in [3.05, 3.63) is 35.9 Å². The van der Waals surface area contributed by atoms with E-state index in [1.54, 1.807) is 4.68 Å². The van der Waals surface area contributed by atoms with Gasteiger partial charge in [0.1, 0.15) is 5.82 Å². The second-order valence-electron chi connectivity index (χ2n) is 5.41. The number of nitrogen functional groups attached to an aromatic ring is 1. The van der Waals surface area contributed by atoms with Gasteiger partial charge in [-0.2, -0.15) is 5.10 Å². The number of hydrogen-bond donors (Lipinski definition) is 1. The van der Waals surface area contributed by atoms with Crippen LogP contribution in [0.25, 0.3) is 11.3 Å². The first-order valence-corrected chi connectivity index (χ1v) is 6.72. The van der Waals surface area contributed by atoms with Crippen molar-refractivity contribution in [3.8, 4) is 11.3 Å². The average Bonchev–Trinajstić information content (AvgIpc) is 2.97. The van der Waals surface area contributed by atoms with Gasteiger partial charge in [0.05, 0.1) is 5.69 Å². The SMILES string of the molecule is CN1CCC(c2ccccc2-c2cc(N)n(C)n2)C1. The van der Waals surface area contributed by atoms with Gasteiger partial charge < -0.3 is 10.6 Å². The predicted molar refractivity (Wildman–Crippen MR) is 77.9 cm³/mol. The fourth-order valence-electron chi connectivity index (χ4n) is 2.89. The Labute approximate surface area is 113 Å². The average molecular weight is 256 g/mol. The molecule has 1 aliphatic heterocycles. The number of nitrogens with zero attached hydrogens (tertiary/aromatic N) is 3. The van der Waals surface area contributed by atoms with Gasteiger partial charge in [-0.1, -0.05) is 24.3 Å². The van der Waals surface area contributed by atoms with E-state index in [1.165, 1.54) is 24.1 Å². The van der Waals surface area contributed by atoms with Crippen LogP contribution in [0.2, 0.25) is 0 Å². The second kappa shape index (κ2) is 4.70. The molecule has 100 valence electrons. The Morgan fingerprint density at radius 2 is 2.05 bits per heavy atom. The summed E-state index contributed by atoms with van der Waals surface area (Å²) in [5.74, 6) is 1.30. The zero-order valence-corrected chi connectivity index (χ0v) is 11.5. The Hall–Kier alpha value is -1.81. The van der Waals surface area contributed by atoms with Crippen LogP contribution in [0.4, 0.5) is 5.82 Å². The van der Waals surface area contributed by atoms with E-state index >= 15 is 0 Å². The molecule has 0 radical (unpaired) electrons. The molecule has 4 heteroatoms. The number of nitrogens with two attached hydrogens (primary N) is 1. The minimum absolute atomic E-state index is 0.601. The molecular formula is C15H20N4. The molecule has 2 aromatic rings. The van der Waals surface area contributed by atoms with Crippen LogP contribution in [0.3, 0.4) is 0 Å². The molecule has 19 heavy (non-hydrogen) atoms. The molecule has 3 rings (SSSR count). The quantitative estimate of drug-likeness (QED) is 0.895. The molecule has 1 saturated heterocycles. The van der Waals surface area contributed by atoms with Crippen LogP contribution in [0, 0.1) is 0 Å². The zero-order valence-electron chi connectivity index (χ0n) is 11.5. The summed E-state index contributed by atoms with van der Waals surface area (Å²) in [6.07, 6.45) is 1.22. The van der Waals surface area contributed by atoms with E-state index in [9.17, 15) is 0 Å². The Kier molecular flexibility index (Phi) is 3.03. The minimum atomic E-state index is 0.601. The number of rotatable bonds is 2. The van der Waals surface area contributed by atoms with E-state index < -0.39 is 0 Å². The Morgan fingerprint density at radius 1 is 1.26 bits per heavy atom. The first-order chi connectivity index (χ1) is 9.15. The molecule has 0 spiro atoms. The van der Waals surface area contributed by atoms with Crippen LogP contribution in [0.1, 0.15) is 17.9 Å². The van der Waals surface area contributed by atoms with Crippen LogP contribution in [0.15, 0.2) is 30.3 Å². The smallest absolute Gasteiger partial charge is 0.121 e. The van der Waals surface area contributed by atoms with E-state index in [-0.39, 0.29) is 0 Å². The maximum absolute atomic E-state index is 5.90. The third kappa shape index (κ3) is 2.24. The maximum Gasteiger partial charge on any atom is 0.121 e. The van der Waals surface area contributed by atoms with Crippen LogP contribution in [-0.2, 0) is 7.05 Å². The van der Waals surface area contributed by atoms with Gasteiger partial charge in [-0.25, -0.2) is 0 Å². The lowest BCUT2D eigenvalue weighted by Gasteiger charge is -2.14. The molecule has 1 aliphatic rings. The van der Waals surface area contributed by atoms with Gasteiger partial charge in [0, 0.05) is 25.2 Å². The lowest BCUT2D eigenvalue weighted by Crippen LogP contribution is -2.13. The van der Waals surface area contributed by atoms with Crippen LogP contribution in [0.5, 0.6) is 0 Å². The highest BCUT2D eigenvalue weighted by molar-refractivity contribution is 5.67. The maximum atomic E-state index is 5.90. The summed E-state index contributed by atoms with van der Waals surface area (Å²) in [6.45, 7) is 2.29. The Bertz CT molecular complexity index is 568. The monoisotopic (exact) mass is 256 g/mol. The van der Waals surface area contributed by atoms with E-state index in [0.29, 0.717) is 11.7 Å². The topological polar surface area (TPSA) is 47.1 Å². The summed E-state index contributed by atoms with van der Waals surface area (Å²) >= 11 is 0. The van der Waals surface area contributed by atoms with E-state index in [0.717, 1.165) is 12.2 Å². The van der Waals surface area contributed by atoms with Crippen molar-refractivity contribution in [3.63, 3.8) is 0 Å². The highest BCUT2D eigenvalue weighted by Gasteiger charge is 2.24. The molecular weight excluding hydrogens is 236 g/mol. The molecule has 1 unspecified atom stereocenters. The second-order valence-corrected chi connectivity index (χ2v) is 5.41. The molecule has 2 heterocycles. The largest absolute Gasteiger partial charge is 0.384 e. The third-order valence-electron chi connectivity index (χ3n) is 3.98. The van der Waals surface area contributed by atoms with Crippen LogP contribution >= 0.6 is 0 Å². The lowest BCUT2D eigenvalue weighted by atomic mass is 9.92. The van der Waals surface area contributed by atoms with Crippen molar-refractivity contribution in [1.29, 1.82) is 0 Å². The molecule has 0 aliphatic carbocycles. The summed E-state index contributed by atoms with van der Waals surface area (Å²) in [5.41, 5.74) is 9.48. The summed E-state index contributed by atoms with van der Waals surface area (Å²) < 4.78 is 1.73. The number of benzene rings is 1. The molecule has 1 atom stereocenters. The normalized spacial score (nSPS) is 20.0. The highest BCUT2D eigenvalue weighted by atomic mass is 15.3. The highest BCUT2D eigenvalue weighted by Crippen LogP contribution is 2.34. The van der Waals surface area contributed by atoms with Gasteiger partial charge in [0.15, 0.2) is 0 Å². The first-order valence-electron chi connectivity index (χ1n) is 6.72. The predicted octanol–water partition coefficient (Wildman–Crippen LogP) is 2.09. The van der Waals surface area contributed by atoms with Gasteiger partial charge >= 0.3 is 0 Å². The van der Waals surface area contributed by atoms with E-state index in [1.807, 2.05) is 13.1 Å². The summed E-state index contributed by atoms with van der Waals surface area (Å²) in [7, 11) is 4.06. The molecule has 1 aromatic heterocycles. The van der Waals surface area contributed by atoms with Crippen molar-refractivity contribution >= 4 is 5.82 Å². The number of aromatic nitrogens is 2. The Balaban J connectivity index is 2.02. The molecule has 0 amide bonds. The molecule has 0 bridgehead atoms. The lowest BCUT2D eigenvalue weighted by molar-refractivity contribution is 0.411. The van der Waals surface area contributed by atoms with Crippen LogP contribution < -0.4 is 5.73 Å². The number of aryl methyl sites for hydroxylation is 1. The first kappa shape index (κ1) is 12.2. The van der Waals surface area contributed by atoms with Crippen molar-refractivity contribution < 1.29 is 0 Å². The van der Waals surface area contributed by atoms with Gasteiger partial charge in [-0.05, 0) is 31.5 Å². The van der Waals surface area contributed by atoms with Crippen molar-refractivity contribution in [1.82, 2.24) is 14.7 Å². The molecule has 1 aromatic carbocycles. The summed E-state index contributed by atoms with van der Waals surface area (Å²) in [4.78, 5) is 2.38. The number of likely N-dealkylation sites (N-methyl/N-ethyl adjacent to an activating group) is 1. The van der Waals surface area contributed by atoms with Crippen molar-refractivity contribution in [2.24, 2.45) is 7.05 Å². The molecule has 4 nitrogen and oxygen atoms in total. The Morgan fingerprint density at radius 3 is 2.68 bits per heavy atom. The van der Waals surface area contributed by atoms with Crippen LogP contribution in [-0.4, -0.2) is 34.8 Å². The number of likely N-dealkylation sites (tertiary alicyclic amines) is 1. The van der Waals surface area contributed by atoms with Gasteiger partial charge in [0.2, 0.25) is 0 Å². The number of hydrogen-bond acceptors (Lipinski definition) is 3. The summed E-state index contributed by atoms with van der Waals surface area (Å²) in [5, 5.41) is 4.51. The fraction of sp³-hybridized carbons (Fsp3) is 0.400. The zero-order chi connectivity index (χ0) is 13.4. The minimum Gasteiger partial charge on any atom is -0.384 e. The summed E-state index contributed by atoms with van der Waals surface area (Å²) in [6, 6.07) is 10.5. The third-order valence-corrected chi connectivity index (χ3v) is 3.98. The number of anilines is 1. The molecule has 0 saturated carbocycles. The van der Waals surface area contributed by atoms with E-state index in [4.69, 9.17) is 5.73 Å². The molecule has 1 fully saturated rings. The van der Waals surface area contributed by atoms with Gasteiger partial charge in [-0.15, -0.1) is 0 Å². The fourth-order valence-corrected chi connectivity index (χ4v) is 2.89. The van der Waals surface area contributed by atoms with Gasteiger partial charge in [-0.3, -0.25) is 4.68 Å². The standard InChI is InChI=1S/C15H20N4/c1-18-8-7-11(10-18)12-5-3-4-6-13(12)14-9-15(16)19(2)17-14/h3-6,9,11H,7-8,10,16H2,1-2H3. The van der Waals surface area contributed by atoms with E-state index in [2.05, 4.69) is 41.3 Å². The molecule has 2 N–H and O–H groups in total. The van der Waals surface area contributed by atoms with Gasteiger partial charge in [0.25, 0.3) is 0 Å². The van der Waals surface area contributed by atoms with Crippen molar-refractivity contribution in [2.45, 2.75) is 12.3 Å². The van der Waals surface area contributed by atoms with Crippen molar-refractivity contribution in [2.75, 3.05) is 25.9 Å².